The topological polar surface area (TPSA) is 60.6 Å². The van der Waals surface area contributed by atoms with Gasteiger partial charge >= 0.3 is 0 Å². The van der Waals surface area contributed by atoms with Crippen molar-refractivity contribution in [2.24, 2.45) is 0 Å². The lowest BCUT2D eigenvalue weighted by Crippen LogP contribution is -2.40. The van der Waals surface area contributed by atoms with Crippen LogP contribution in [0.4, 0.5) is 0 Å². The largest absolute Gasteiger partial charge is 0.497 e. The number of ether oxygens (including phenoxy) is 2. The number of hydrogen-bond acceptors (Lipinski definition) is 6. The molecule has 0 radical (unpaired) electrons. The highest BCUT2D eigenvalue weighted by molar-refractivity contribution is 5.40. The molecule has 1 aromatic heterocycles. The van der Waals surface area contributed by atoms with Crippen LogP contribution in [0, 0.1) is 6.92 Å². The van der Waals surface area contributed by atoms with Gasteiger partial charge in [-0.05, 0) is 26.8 Å². The van der Waals surface area contributed by atoms with E-state index in [-0.39, 0.29) is 5.54 Å². The van der Waals surface area contributed by atoms with Gasteiger partial charge in [0.2, 0.25) is 11.8 Å². The molecule has 0 unspecified atom stereocenters. The Labute approximate surface area is 137 Å². The van der Waals surface area contributed by atoms with Crippen LogP contribution in [0.15, 0.2) is 22.6 Å². The number of rotatable bonds is 6. The van der Waals surface area contributed by atoms with Gasteiger partial charge in [-0.2, -0.15) is 0 Å². The van der Waals surface area contributed by atoms with Crippen molar-refractivity contribution >= 4 is 0 Å². The van der Waals surface area contributed by atoms with E-state index < -0.39 is 0 Å². The molecule has 0 atom stereocenters. The van der Waals surface area contributed by atoms with Crippen molar-refractivity contribution in [3.8, 4) is 11.5 Å². The fourth-order valence-electron chi connectivity index (χ4n) is 2.28. The Balaban J connectivity index is 2.24. The predicted molar refractivity (Wildman–Crippen MR) is 87.6 cm³/mol. The van der Waals surface area contributed by atoms with Crippen LogP contribution < -0.4 is 9.47 Å². The molecule has 0 saturated heterocycles. The summed E-state index contributed by atoms with van der Waals surface area (Å²) in [5, 5.41) is 8.00. The van der Waals surface area contributed by atoms with Crippen LogP contribution in [0.25, 0.3) is 0 Å². The number of methoxy groups -OCH3 is 2. The minimum Gasteiger partial charge on any atom is -0.497 e. The van der Waals surface area contributed by atoms with Gasteiger partial charge in [-0.3, -0.25) is 4.90 Å². The minimum atomic E-state index is -0.0622. The molecule has 0 bridgehead atoms. The van der Waals surface area contributed by atoms with Gasteiger partial charge in [0, 0.05) is 30.6 Å². The first-order chi connectivity index (χ1) is 10.8. The van der Waals surface area contributed by atoms with Crippen LogP contribution in [0.5, 0.6) is 11.5 Å². The van der Waals surface area contributed by atoms with E-state index in [9.17, 15) is 0 Å². The first kappa shape index (κ1) is 17.3. The van der Waals surface area contributed by atoms with Crippen molar-refractivity contribution in [2.75, 3.05) is 14.2 Å². The summed E-state index contributed by atoms with van der Waals surface area (Å²) in [6.45, 7) is 9.56. The van der Waals surface area contributed by atoms with E-state index in [0.717, 1.165) is 17.1 Å². The highest BCUT2D eigenvalue weighted by atomic mass is 16.5. The van der Waals surface area contributed by atoms with E-state index in [1.54, 1.807) is 21.1 Å². The fourth-order valence-corrected chi connectivity index (χ4v) is 2.28. The zero-order valence-electron chi connectivity index (χ0n) is 14.7. The maximum atomic E-state index is 5.52. The normalized spacial score (nSPS) is 11.8. The van der Waals surface area contributed by atoms with Gasteiger partial charge in [-0.15, -0.1) is 10.2 Å². The molecule has 0 aliphatic carbocycles. The van der Waals surface area contributed by atoms with Gasteiger partial charge in [0.05, 0.1) is 20.8 Å². The van der Waals surface area contributed by atoms with E-state index >= 15 is 0 Å². The summed E-state index contributed by atoms with van der Waals surface area (Å²) in [4.78, 5) is 2.27. The van der Waals surface area contributed by atoms with E-state index in [2.05, 4.69) is 35.9 Å². The van der Waals surface area contributed by atoms with Gasteiger partial charge in [-0.25, -0.2) is 0 Å². The van der Waals surface area contributed by atoms with Gasteiger partial charge in [0.25, 0.3) is 0 Å². The van der Waals surface area contributed by atoms with Crippen LogP contribution in [0.3, 0.4) is 0 Å². The van der Waals surface area contributed by atoms with Gasteiger partial charge in [0.15, 0.2) is 0 Å². The lowest BCUT2D eigenvalue weighted by atomic mass is 10.0. The first-order valence-electron chi connectivity index (χ1n) is 7.58. The van der Waals surface area contributed by atoms with Gasteiger partial charge < -0.3 is 13.9 Å². The summed E-state index contributed by atoms with van der Waals surface area (Å²) in [7, 11) is 3.31. The Morgan fingerprint density at radius 2 is 1.83 bits per heavy atom. The van der Waals surface area contributed by atoms with Crippen molar-refractivity contribution < 1.29 is 13.9 Å². The van der Waals surface area contributed by atoms with E-state index in [4.69, 9.17) is 13.9 Å². The number of aryl methyl sites for hydroxylation is 1. The van der Waals surface area contributed by atoms with E-state index in [1.807, 2.05) is 18.2 Å². The third kappa shape index (κ3) is 4.45. The molecule has 23 heavy (non-hydrogen) atoms. The Bertz CT molecular complexity index is 647. The summed E-state index contributed by atoms with van der Waals surface area (Å²) < 4.78 is 16.3. The van der Waals surface area contributed by atoms with Crippen molar-refractivity contribution in [1.82, 2.24) is 15.1 Å². The molecule has 1 heterocycles. The second kappa shape index (κ2) is 7.00. The standard InChI is InChI=1S/C17H25N3O3/c1-12-18-19-16(23-12)11-20(17(2,3)4)10-13-7-8-14(21-5)9-15(13)22-6/h7-9H,10-11H2,1-6H3. The zero-order valence-corrected chi connectivity index (χ0v) is 14.7. The Morgan fingerprint density at radius 3 is 2.35 bits per heavy atom. The van der Waals surface area contributed by atoms with Crippen LogP contribution in [0.2, 0.25) is 0 Å². The van der Waals surface area contributed by atoms with Crippen LogP contribution in [0.1, 0.15) is 38.1 Å². The van der Waals surface area contributed by atoms with Gasteiger partial charge in [-0.1, -0.05) is 6.07 Å². The quantitative estimate of drug-likeness (QED) is 0.815. The summed E-state index contributed by atoms with van der Waals surface area (Å²) in [5.41, 5.74) is 1.02. The fraction of sp³-hybridized carbons (Fsp3) is 0.529. The number of benzene rings is 1. The Morgan fingerprint density at radius 1 is 1.09 bits per heavy atom. The molecule has 6 nitrogen and oxygen atoms in total. The molecule has 2 rings (SSSR count). The average Bonchev–Trinajstić information content (AvgIpc) is 2.91. The molecule has 0 N–H and O–H groups in total. The van der Waals surface area contributed by atoms with Crippen LogP contribution >= 0.6 is 0 Å². The summed E-state index contributed by atoms with van der Waals surface area (Å²) in [6.07, 6.45) is 0. The molecule has 0 amide bonds. The van der Waals surface area contributed by atoms with Gasteiger partial charge in [0.1, 0.15) is 11.5 Å². The van der Waals surface area contributed by atoms with Crippen molar-refractivity contribution in [3.05, 3.63) is 35.5 Å². The van der Waals surface area contributed by atoms with E-state index in [0.29, 0.717) is 24.9 Å². The molecule has 2 aromatic rings. The van der Waals surface area contributed by atoms with E-state index in [1.165, 1.54) is 0 Å². The molecule has 126 valence electrons. The maximum Gasteiger partial charge on any atom is 0.230 e. The monoisotopic (exact) mass is 319 g/mol. The third-order valence-electron chi connectivity index (χ3n) is 3.70. The number of aromatic nitrogens is 2. The average molecular weight is 319 g/mol. The third-order valence-corrected chi connectivity index (χ3v) is 3.70. The second-order valence-electron chi connectivity index (χ2n) is 6.42. The highest BCUT2D eigenvalue weighted by Crippen LogP contribution is 2.28. The molecule has 0 saturated carbocycles. The SMILES string of the molecule is COc1ccc(CN(Cc2nnc(C)o2)C(C)(C)C)c(OC)c1. The molecule has 6 heteroatoms. The Kier molecular flexibility index (Phi) is 5.26. The molecular formula is C17H25N3O3. The molecule has 0 aliphatic heterocycles. The van der Waals surface area contributed by atoms with Crippen molar-refractivity contribution in [2.45, 2.75) is 46.3 Å². The minimum absolute atomic E-state index is 0.0622. The number of hydrogen-bond donors (Lipinski definition) is 0. The number of nitrogens with zero attached hydrogens (tertiary/aromatic N) is 3. The molecule has 0 fully saturated rings. The first-order valence-corrected chi connectivity index (χ1v) is 7.58. The lowest BCUT2D eigenvalue weighted by Gasteiger charge is -2.35. The molecule has 0 spiro atoms. The summed E-state index contributed by atoms with van der Waals surface area (Å²) in [5.74, 6) is 2.78. The summed E-state index contributed by atoms with van der Waals surface area (Å²) >= 11 is 0. The predicted octanol–water partition coefficient (Wildman–Crippen LogP) is 3.20. The molecule has 1 aromatic carbocycles. The van der Waals surface area contributed by atoms with Crippen LogP contribution in [-0.2, 0) is 13.1 Å². The lowest BCUT2D eigenvalue weighted by molar-refractivity contribution is 0.105. The molecule has 0 aliphatic rings. The highest BCUT2D eigenvalue weighted by Gasteiger charge is 2.25. The smallest absolute Gasteiger partial charge is 0.230 e. The maximum absolute atomic E-state index is 5.52. The van der Waals surface area contributed by atoms with Crippen LogP contribution in [-0.4, -0.2) is 34.9 Å². The van der Waals surface area contributed by atoms with Crippen molar-refractivity contribution in [1.29, 1.82) is 0 Å². The molecular weight excluding hydrogens is 294 g/mol. The Hall–Kier alpha value is -2.08. The van der Waals surface area contributed by atoms with Crippen molar-refractivity contribution in [3.63, 3.8) is 0 Å². The second-order valence-corrected chi connectivity index (χ2v) is 6.42. The zero-order chi connectivity index (χ0) is 17.0. The summed E-state index contributed by atoms with van der Waals surface area (Å²) in [6, 6.07) is 5.86.